The van der Waals surface area contributed by atoms with Crippen LogP contribution in [0.4, 0.5) is 18.9 Å². The molecule has 0 aliphatic carbocycles. The highest BCUT2D eigenvalue weighted by atomic mass is 19.4. The molecule has 1 atom stereocenters. The molecule has 3 aromatic rings. The molecular weight excluding hydrogens is 455 g/mol. The van der Waals surface area contributed by atoms with Gasteiger partial charge in [-0.2, -0.15) is 23.3 Å². The van der Waals surface area contributed by atoms with Gasteiger partial charge >= 0.3 is 6.18 Å². The maximum Gasteiger partial charge on any atom is 0.416 e. The van der Waals surface area contributed by atoms with Crippen molar-refractivity contribution in [2.24, 2.45) is 5.73 Å². The molecule has 178 valence electrons. The van der Waals surface area contributed by atoms with Gasteiger partial charge in [-0.1, -0.05) is 5.16 Å². The topological polar surface area (TPSA) is 123 Å². The van der Waals surface area contributed by atoms with Gasteiger partial charge in [0.25, 0.3) is 11.8 Å². The maximum absolute atomic E-state index is 13.3. The molecule has 2 aliphatic heterocycles. The summed E-state index contributed by atoms with van der Waals surface area (Å²) in [6.45, 7) is 1.41. The van der Waals surface area contributed by atoms with Crippen LogP contribution in [0.5, 0.6) is 0 Å². The lowest BCUT2D eigenvalue weighted by molar-refractivity contribution is -0.137. The fraction of sp³-hybridized carbons (Fsp3) is 0.381. The number of hydrogen-bond acceptors (Lipinski definition) is 7. The first kappa shape index (κ1) is 22.1. The summed E-state index contributed by atoms with van der Waals surface area (Å²) in [5.41, 5.74) is 5.91. The van der Waals surface area contributed by atoms with Crippen molar-refractivity contribution in [2.75, 3.05) is 24.5 Å². The molecule has 13 heteroatoms. The summed E-state index contributed by atoms with van der Waals surface area (Å²) in [6.07, 6.45) is -1.98. The summed E-state index contributed by atoms with van der Waals surface area (Å²) in [6, 6.07) is 4.24. The Hall–Kier alpha value is -3.74. The third-order valence-corrected chi connectivity index (χ3v) is 5.90. The number of fused-ring (bicyclic) bond motifs is 1. The fourth-order valence-electron chi connectivity index (χ4n) is 4.16. The average molecular weight is 475 g/mol. The van der Waals surface area contributed by atoms with Crippen LogP contribution in [0.1, 0.15) is 40.9 Å². The predicted octanol–water partition coefficient (Wildman–Crippen LogP) is 2.23. The van der Waals surface area contributed by atoms with Gasteiger partial charge in [0.1, 0.15) is 11.9 Å². The molecule has 0 bridgehead atoms. The van der Waals surface area contributed by atoms with E-state index in [1.807, 2.05) is 0 Å². The zero-order chi connectivity index (χ0) is 24.0. The largest absolute Gasteiger partial charge is 0.416 e. The molecule has 2 aliphatic rings. The number of halogens is 3. The number of amides is 2. The SMILES string of the molecule is N[C@H]1CN(c2ccc(C(F)(F)F)cc2)C(=O)c2c(-c3nc(CC(=O)N4CCCC4)no3)cnn21. The van der Waals surface area contributed by atoms with Crippen molar-refractivity contribution < 1.29 is 27.3 Å². The summed E-state index contributed by atoms with van der Waals surface area (Å²) in [5.74, 6) is -0.449. The van der Waals surface area contributed by atoms with Gasteiger partial charge < -0.3 is 20.1 Å². The molecule has 4 heterocycles. The molecule has 10 nitrogen and oxygen atoms in total. The van der Waals surface area contributed by atoms with E-state index in [0.29, 0.717) is 13.1 Å². The molecule has 34 heavy (non-hydrogen) atoms. The molecule has 0 spiro atoms. The summed E-state index contributed by atoms with van der Waals surface area (Å²) in [4.78, 5) is 32.9. The Bertz CT molecular complexity index is 1230. The van der Waals surface area contributed by atoms with E-state index in [-0.39, 0.29) is 47.5 Å². The summed E-state index contributed by atoms with van der Waals surface area (Å²) in [5, 5.41) is 8.02. The van der Waals surface area contributed by atoms with Crippen molar-refractivity contribution >= 4 is 17.5 Å². The molecule has 2 amide bonds. The van der Waals surface area contributed by atoms with Gasteiger partial charge in [0, 0.05) is 18.8 Å². The molecule has 2 N–H and O–H groups in total. The number of aromatic nitrogens is 4. The van der Waals surface area contributed by atoms with E-state index < -0.39 is 23.8 Å². The number of carbonyl (C=O) groups excluding carboxylic acids is 2. The summed E-state index contributed by atoms with van der Waals surface area (Å²) < 4.78 is 45.3. The standard InChI is InChI=1S/C21H20F3N7O3/c22-21(23,24)12-3-5-13(6-4-12)30-11-15(25)31-18(20(30)33)14(10-26-31)19-27-16(28-34-19)9-17(32)29-7-1-2-8-29/h3-6,10,15H,1-2,7-9,11,25H2/t15-/m1/s1. The van der Waals surface area contributed by atoms with Crippen LogP contribution in [0.3, 0.4) is 0 Å². The highest BCUT2D eigenvalue weighted by Gasteiger charge is 2.36. The second kappa shape index (κ2) is 8.24. The normalized spacial score (nSPS) is 18.5. The van der Waals surface area contributed by atoms with E-state index in [1.165, 1.54) is 27.9 Å². The van der Waals surface area contributed by atoms with Crippen LogP contribution in [-0.4, -0.2) is 56.3 Å². The minimum absolute atomic E-state index is 0.000270. The minimum atomic E-state index is -4.49. The zero-order valence-electron chi connectivity index (χ0n) is 17.8. The molecule has 1 aromatic carbocycles. The van der Waals surface area contributed by atoms with E-state index in [1.54, 1.807) is 4.90 Å². The number of anilines is 1. The third kappa shape index (κ3) is 3.91. The van der Waals surface area contributed by atoms with Crippen LogP contribution >= 0.6 is 0 Å². The number of nitrogens with two attached hydrogens (primary N) is 1. The van der Waals surface area contributed by atoms with Gasteiger partial charge in [0.15, 0.2) is 5.82 Å². The van der Waals surface area contributed by atoms with E-state index in [2.05, 4.69) is 15.2 Å². The quantitative estimate of drug-likeness (QED) is 0.614. The lowest BCUT2D eigenvalue weighted by Gasteiger charge is -2.32. The van der Waals surface area contributed by atoms with Crippen LogP contribution in [-0.2, 0) is 17.4 Å². The van der Waals surface area contributed by atoms with Crippen molar-refractivity contribution in [3.8, 4) is 11.5 Å². The molecule has 0 unspecified atom stereocenters. The van der Waals surface area contributed by atoms with Gasteiger partial charge in [-0.25, -0.2) is 4.68 Å². The van der Waals surface area contributed by atoms with Crippen molar-refractivity contribution in [1.82, 2.24) is 24.8 Å². The molecule has 0 radical (unpaired) electrons. The molecule has 1 saturated heterocycles. The van der Waals surface area contributed by atoms with Crippen molar-refractivity contribution in [1.29, 1.82) is 0 Å². The second-order valence-electron chi connectivity index (χ2n) is 8.16. The third-order valence-electron chi connectivity index (χ3n) is 5.90. The first-order valence-electron chi connectivity index (χ1n) is 10.7. The Balaban J connectivity index is 1.41. The van der Waals surface area contributed by atoms with E-state index in [4.69, 9.17) is 10.3 Å². The Morgan fingerprint density at radius 2 is 1.88 bits per heavy atom. The van der Waals surface area contributed by atoms with E-state index >= 15 is 0 Å². The van der Waals surface area contributed by atoms with E-state index in [0.717, 1.165) is 25.0 Å². The Morgan fingerprint density at radius 3 is 2.56 bits per heavy atom. The number of carbonyl (C=O) groups is 2. The Labute approximate surface area is 191 Å². The Morgan fingerprint density at radius 1 is 1.18 bits per heavy atom. The molecular formula is C21H20F3N7O3. The number of rotatable bonds is 4. The summed E-state index contributed by atoms with van der Waals surface area (Å²) in [7, 11) is 0. The number of nitrogens with zero attached hydrogens (tertiary/aromatic N) is 6. The lowest BCUT2D eigenvalue weighted by atomic mass is 10.1. The molecule has 5 rings (SSSR count). The second-order valence-corrected chi connectivity index (χ2v) is 8.16. The highest BCUT2D eigenvalue weighted by Crippen LogP contribution is 2.33. The number of benzene rings is 1. The highest BCUT2D eigenvalue weighted by molar-refractivity contribution is 6.09. The van der Waals surface area contributed by atoms with Crippen LogP contribution < -0.4 is 10.6 Å². The van der Waals surface area contributed by atoms with Gasteiger partial charge in [-0.3, -0.25) is 9.59 Å². The van der Waals surface area contributed by atoms with Crippen molar-refractivity contribution in [2.45, 2.75) is 31.6 Å². The summed E-state index contributed by atoms with van der Waals surface area (Å²) >= 11 is 0. The van der Waals surface area contributed by atoms with E-state index in [9.17, 15) is 22.8 Å². The van der Waals surface area contributed by atoms with Crippen LogP contribution in [0.25, 0.3) is 11.5 Å². The monoisotopic (exact) mass is 475 g/mol. The minimum Gasteiger partial charge on any atom is -0.342 e. The van der Waals surface area contributed by atoms with Gasteiger partial charge in [0.05, 0.1) is 30.3 Å². The van der Waals surface area contributed by atoms with Gasteiger partial charge in [-0.05, 0) is 37.1 Å². The first-order chi connectivity index (χ1) is 16.2. The number of hydrogen-bond donors (Lipinski definition) is 1. The fourth-order valence-corrected chi connectivity index (χ4v) is 4.16. The molecule has 0 saturated carbocycles. The van der Waals surface area contributed by atoms with Crippen molar-refractivity contribution in [3.05, 3.63) is 47.5 Å². The number of likely N-dealkylation sites (tertiary alicyclic amines) is 1. The Kier molecular flexibility index (Phi) is 5.35. The zero-order valence-corrected chi connectivity index (χ0v) is 17.8. The van der Waals surface area contributed by atoms with Crippen LogP contribution in [0, 0.1) is 0 Å². The number of alkyl halides is 3. The average Bonchev–Trinajstić information content (AvgIpc) is 3.56. The lowest BCUT2D eigenvalue weighted by Crippen LogP contribution is -2.46. The van der Waals surface area contributed by atoms with Crippen LogP contribution in [0.2, 0.25) is 0 Å². The molecule has 2 aromatic heterocycles. The maximum atomic E-state index is 13.3. The van der Waals surface area contributed by atoms with Gasteiger partial charge in [-0.15, -0.1) is 0 Å². The van der Waals surface area contributed by atoms with Crippen molar-refractivity contribution in [3.63, 3.8) is 0 Å². The van der Waals surface area contributed by atoms with Gasteiger partial charge in [0.2, 0.25) is 5.91 Å². The first-order valence-corrected chi connectivity index (χ1v) is 10.7. The predicted molar refractivity (Wildman–Crippen MR) is 111 cm³/mol. The van der Waals surface area contributed by atoms with Crippen LogP contribution in [0.15, 0.2) is 35.0 Å². The smallest absolute Gasteiger partial charge is 0.342 e. The molecule has 1 fully saturated rings.